The van der Waals surface area contributed by atoms with Crippen molar-refractivity contribution in [3.05, 3.63) is 103 Å². The van der Waals surface area contributed by atoms with Gasteiger partial charge in [-0.1, -0.05) is 24.3 Å². The summed E-state index contributed by atoms with van der Waals surface area (Å²) >= 11 is 0. The van der Waals surface area contributed by atoms with Crippen LogP contribution in [0.5, 0.6) is 0 Å². The van der Waals surface area contributed by atoms with Crippen molar-refractivity contribution < 1.29 is 4.79 Å². The largest absolute Gasteiger partial charge is 0.289 e. The van der Waals surface area contributed by atoms with Gasteiger partial charge in [0.05, 0.1) is 11.4 Å². The van der Waals surface area contributed by atoms with Crippen LogP contribution in [0.25, 0.3) is 22.5 Å². The highest BCUT2D eigenvalue weighted by molar-refractivity contribution is 6.13. The molecule has 0 saturated carbocycles. The molecule has 26 heavy (non-hydrogen) atoms. The Labute approximate surface area is 151 Å². The summed E-state index contributed by atoms with van der Waals surface area (Å²) in [6.45, 7) is 0. The minimum Gasteiger partial charge on any atom is -0.289 e. The lowest BCUT2D eigenvalue weighted by Gasteiger charge is -2.11. The predicted octanol–water partition coefficient (Wildman–Crippen LogP) is 4.44. The van der Waals surface area contributed by atoms with Crippen LogP contribution in [-0.4, -0.2) is 20.7 Å². The van der Waals surface area contributed by atoms with E-state index in [9.17, 15) is 4.79 Å². The Morgan fingerprint density at radius 2 is 1.50 bits per heavy atom. The number of aromatic nitrogens is 3. The van der Waals surface area contributed by atoms with Crippen LogP contribution >= 0.6 is 0 Å². The first-order valence-corrected chi connectivity index (χ1v) is 8.24. The molecule has 124 valence electrons. The van der Waals surface area contributed by atoms with Crippen LogP contribution in [0.2, 0.25) is 0 Å². The molecule has 3 aromatic heterocycles. The predicted molar refractivity (Wildman–Crippen MR) is 101 cm³/mol. The second-order valence-corrected chi connectivity index (χ2v) is 5.76. The van der Waals surface area contributed by atoms with E-state index in [1.54, 1.807) is 36.9 Å². The van der Waals surface area contributed by atoms with Crippen molar-refractivity contribution in [1.29, 1.82) is 0 Å². The van der Waals surface area contributed by atoms with E-state index in [0.717, 1.165) is 22.5 Å². The molecular formula is C22H15N3O. The molecule has 0 fully saturated rings. The summed E-state index contributed by atoms with van der Waals surface area (Å²) in [6, 6.07) is 20.7. The van der Waals surface area contributed by atoms with E-state index in [-0.39, 0.29) is 5.78 Å². The number of carbonyl (C=O) groups is 1. The van der Waals surface area contributed by atoms with Gasteiger partial charge in [-0.15, -0.1) is 0 Å². The van der Waals surface area contributed by atoms with Gasteiger partial charge >= 0.3 is 0 Å². The Bertz CT molecular complexity index is 1030. The zero-order chi connectivity index (χ0) is 17.8. The zero-order valence-electron chi connectivity index (χ0n) is 13.9. The topological polar surface area (TPSA) is 55.7 Å². The molecule has 4 aromatic rings. The second-order valence-electron chi connectivity index (χ2n) is 5.76. The van der Waals surface area contributed by atoms with Crippen molar-refractivity contribution in [3.8, 4) is 22.5 Å². The van der Waals surface area contributed by atoms with Gasteiger partial charge in [-0.2, -0.15) is 0 Å². The van der Waals surface area contributed by atoms with E-state index >= 15 is 0 Å². The number of rotatable bonds is 4. The van der Waals surface area contributed by atoms with Crippen LogP contribution in [-0.2, 0) is 0 Å². The van der Waals surface area contributed by atoms with Gasteiger partial charge in [0.1, 0.15) is 0 Å². The molecular weight excluding hydrogens is 322 g/mol. The average molecular weight is 337 g/mol. The van der Waals surface area contributed by atoms with Crippen molar-refractivity contribution >= 4 is 5.78 Å². The van der Waals surface area contributed by atoms with Crippen LogP contribution in [0.15, 0.2) is 91.5 Å². The average Bonchev–Trinajstić information content (AvgIpc) is 2.75. The third kappa shape index (κ3) is 3.13. The number of hydrogen-bond acceptors (Lipinski definition) is 4. The quantitative estimate of drug-likeness (QED) is 0.517. The van der Waals surface area contributed by atoms with Gasteiger partial charge in [0.25, 0.3) is 0 Å². The zero-order valence-corrected chi connectivity index (χ0v) is 13.9. The molecule has 4 rings (SSSR count). The maximum Gasteiger partial charge on any atom is 0.195 e. The molecule has 0 aliphatic carbocycles. The smallest absolute Gasteiger partial charge is 0.195 e. The van der Waals surface area contributed by atoms with Crippen LogP contribution in [0.3, 0.4) is 0 Å². The summed E-state index contributed by atoms with van der Waals surface area (Å²) < 4.78 is 0. The van der Waals surface area contributed by atoms with Crippen molar-refractivity contribution in [2.24, 2.45) is 0 Å². The molecule has 4 nitrogen and oxygen atoms in total. The molecule has 0 aliphatic heterocycles. The number of nitrogens with zero attached hydrogens (tertiary/aromatic N) is 3. The molecule has 0 spiro atoms. The van der Waals surface area contributed by atoms with Gasteiger partial charge in [0, 0.05) is 47.0 Å². The van der Waals surface area contributed by atoms with Gasteiger partial charge in [0.2, 0.25) is 0 Å². The summed E-state index contributed by atoms with van der Waals surface area (Å²) in [5.41, 5.74) is 4.38. The summed E-state index contributed by atoms with van der Waals surface area (Å²) in [7, 11) is 0. The highest BCUT2D eigenvalue weighted by Crippen LogP contribution is 2.28. The van der Waals surface area contributed by atoms with E-state index in [2.05, 4.69) is 15.0 Å². The van der Waals surface area contributed by atoms with Gasteiger partial charge in [-0.05, 0) is 42.5 Å². The highest BCUT2D eigenvalue weighted by atomic mass is 16.1. The number of hydrogen-bond donors (Lipinski definition) is 0. The molecule has 0 bridgehead atoms. The molecule has 0 amide bonds. The number of carbonyl (C=O) groups excluding carboxylic acids is 1. The SMILES string of the molecule is O=C(c1cccnc1)c1cc(-c2ccccn2)ccc1-c1ccccn1. The molecule has 0 saturated heterocycles. The van der Waals surface area contributed by atoms with Gasteiger partial charge < -0.3 is 0 Å². The Balaban J connectivity index is 1.89. The fraction of sp³-hybridized carbons (Fsp3) is 0. The van der Waals surface area contributed by atoms with Crippen LogP contribution in [0.1, 0.15) is 15.9 Å². The monoisotopic (exact) mass is 337 g/mol. The summed E-state index contributed by atoms with van der Waals surface area (Å²) in [6.07, 6.45) is 6.70. The minimum absolute atomic E-state index is 0.0865. The fourth-order valence-corrected chi connectivity index (χ4v) is 2.82. The normalized spacial score (nSPS) is 10.5. The Morgan fingerprint density at radius 3 is 2.15 bits per heavy atom. The lowest BCUT2D eigenvalue weighted by molar-refractivity contribution is 0.103. The molecule has 0 radical (unpaired) electrons. The summed E-state index contributed by atoms with van der Waals surface area (Å²) in [4.78, 5) is 26.0. The molecule has 1 aromatic carbocycles. The maximum atomic E-state index is 13.1. The van der Waals surface area contributed by atoms with Crippen LogP contribution in [0.4, 0.5) is 0 Å². The van der Waals surface area contributed by atoms with Crippen LogP contribution in [0, 0.1) is 0 Å². The van der Waals surface area contributed by atoms with Gasteiger partial charge in [-0.3, -0.25) is 19.7 Å². The Morgan fingerprint density at radius 1 is 0.731 bits per heavy atom. The summed E-state index contributed by atoms with van der Waals surface area (Å²) in [5.74, 6) is -0.0865. The Kier molecular flexibility index (Phi) is 4.31. The van der Waals surface area contributed by atoms with E-state index in [4.69, 9.17) is 0 Å². The lowest BCUT2D eigenvalue weighted by atomic mass is 9.94. The molecule has 0 unspecified atom stereocenters. The first-order chi connectivity index (χ1) is 12.8. The van der Waals surface area contributed by atoms with E-state index in [0.29, 0.717) is 11.1 Å². The van der Waals surface area contributed by atoms with Crippen molar-refractivity contribution in [3.63, 3.8) is 0 Å². The first kappa shape index (κ1) is 15.8. The van der Waals surface area contributed by atoms with Crippen molar-refractivity contribution in [1.82, 2.24) is 15.0 Å². The molecule has 0 aliphatic rings. The van der Waals surface area contributed by atoms with Crippen LogP contribution < -0.4 is 0 Å². The molecule has 0 atom stereocenters. The van der Waals surface area contributed by atoms with E-state index < -0.39 is 0 Å². The molecule has 4 heteroatoms. The standard InChI is InChI=1S/C22H15N3O/c26-22(17-6-5-11-23-15-17)19-14-16(20-7-1-3-12-24-20)9-10-18(19)21-8-2-4-13-25-21/h1-15H. The first-order valence-electron chi connectivity index (χ1n) is 8.24. The Hall–Kier alpha value is -3.66. The van der Waals surface area contributed by atoms with Crippen molar-refractivity contribution in [2.75, 3.05) is 0 Å². The third-order valence-electron chi connectivity index (χ3n) is 4.09. The minimum atomic E-state index is -0.0865. The number of benzene rings is 1. The lowest BCUT2D eigenvalue weighted by Crippen LogP contribution is -2.05. The van der Waals surface area contributed by atoms with E-state index in [1.165, 1.54) is 0 Å². The highest BCUT2D eigenvalue weighted by Gasteiger charge is 2.17. The number of ketones is 1. The third-order valence-corrected chi connectivity index (χ3v) is 4.09. The summed E-state index contributed by atoms with van der Waals surface area (Å²) in [5, 5.41) is 0. The molecule has 0 N–H and O–H groups in total. The second kappa shape index (κ2) is 7.07. The fourth-order valence-electron chi connectivity index (χ4n) is 2.82. The van der Waals surface area contributed by atoms with Gasteiger partial charge in [0.15, 0.2) is 5.78 Å². The van der Waals surface area contributed by atoms with Gasteiger partial charge in [-0.25, -0.2) is 0 Å². The van der Waals surface area contributed by atoms with Crippen molar-refractivity contribution in [2.45, 2.75) is 0 Å². The maximum absolute atomic E-state index is 13.1. The number of pyridine rings is 3. The van der Waals surface area contributed by atoms with E-state index in [1.807, 2.05) is 54.6 Å². The molecule has 3 heterocycles.